The molecule has 1 aliphatic heterocycles. The lowest BCUT2D eigenvalue weighted by Crippen LogP contribution is -2.49. The molecule has 0 radical (unpaired) electrons. The SMILES string of the molecule is COCCn1ccnc1CN1CCNC(=O)[C@H]1c1cccc(F)c1. The third kappa shape index (κ3) is 3.63. The van der Waals surface area contributed by atoms with Gasteiger partial charge in [-0.05, 0) is 17.7 Å². The summed E-state index contributed by atoms with van der Waals surface area (Å²) >= 11 is 0. The van der Waals surface area contributed by atoms with Gasteiger partial charge in [0.05, 0.1) is 13.2 Å². The Balaban J connectivity index is 1.82. The number of piperazine rings is 1. The summed E-state index contributed by atoms with van der Waals surface area (Å²) in [6.45, 7) is 3.08. The van der Waals surface area contributed by atoms with Gasteiger partial charge in [-0.1, -0.05) is 12.1 Å². The zero-order valence-electron chi connectivity index (χ0n) is 13.6. The van der Waals surface area contributed by atoms with Crippen molar-refractivity contribution in [3.05, 3.63) is 53.9 Å². The van der Waals surface area contributed by atoms with Gasteiger partial charge in [0.25, 0.3) is 0 Å². The number of carbonyl (C=O) groups excluding carboxylic acids is 1. The summed E-state index contributed by atoms with van der Waals surface area (Å²) < 4.78 is 20.7. The van der Waals surface area contributed by atoms with E-state index in [4.69, 9.17) is 4.74 Å². The van der Waals surface area contributed by atoms with E-state index < -0.39 is 6.04 Å². The third-order valence-corrected chi connectivity index (χ3v) is 4.16. The van der Waals surface area contributed by atoms with Crippen LogP contribution in [-0.4, -0.2) is 47.2 Å². The fourth-order valence-corrected chi connectivity index (χ4v) is 2.99. The van der Waals surface area contributed by atoms with Gasteiger partial charge in [-0.15, -0.1) is 0 Å². The highest BCUT2D eigenvalue weighted by molar-refractivity contribution is 5.83. The van der Waals surface area contributed by atoms with E-state index in [1.54, 1.807) is 25.4 Å². The molecule has 2 heterocycles. The molecule has 1 aromatic heterocycles. The lowest BCUT2D eigenvalue weighted by atomic mass is 10.0. The summed E-state index contributed by atoms with van der Waals surface area (Å²) in [6, 6.07) is 5.70. The van der Waals surface area contributed by atoms with Crippen LogP contribution in [0, 0.1) is 5.82 Å². The second-order valence-electron chi connectivity index (χ2n) is 5.75. The molecule has 24 heavy (non-hydrogen) atoms. The van der Waals surface area contributed by atoms with Crippen molar-refractivity contribution >= 4 is 5.91 Å². The number of halogens is 1. The van der Waals surface area contributed by atoms with Crippen LogP contribution in [0.25, 0.3) is 0 Å². The molecule has 3 rings (SSSR count). The van der Waals surface area contributed by atoms with Crippen LogP contribution in [0.1, 0.15) is 17.4 Å². The van der Waals surface area contributed by atoms with Crippen LogP contribution in [-0.2, 0) is 22.6 Å². The van der Waals surface area contributed by atoms with Crippen molar-refractivity contribution in [2.24, 2.45) is 0 Å². The number of nitrogens with zero attached hydrogens (tertiary/aromatic N) is 3. The van der Waals surface area contributed by atoms with Crippen LogP contribution >= 0.6 is 0 Å². The van der Waals surface area contributed by atoms with E-state index >= 15 is 0 Å². The quantitative estimate of drug-likeness (QED) is 0.867. The number of hydrogen-bond acceptors (Lipinski definition) is 4. The van der Waals surface area contributed by atoms with E-state index in [1.807, 2.05) is 15.7 Å². The number of nitrogens with one attached hydrogen (secondary N) is 1. The molecule has 1 aliphatic rings. The first-order chi connectivity index (χ1) is 11.7. The summed E-state index contributed by atoms with van der Waals surface area (Å²) in [6.07, 6.45) is 3.64. The molecular formula is C17H21FN4O2. The summed E-state index contributed by atoms with van der Waals surface area (Å²) in [7, 11) is 1.66. The monoisotopic (exact) mass is 332 g/mol. The van der Waals surface area contributed by atoms with Gasteiger partial charge in [0.1, 0.15) is 17.7 Å². The Hall–Kier alpha value is -2.25. The predicted molar refractivity (Wildman–Crippen MR) is 86.7 cm³/mol. The molecule has 1 N–H and O–H groups in total. The molecule has 128 valence electrons. The van der Waals surface area contributed by atoms with Crippen molar-refractivity contribution in [3.63, 3.8) is 0 Å². The first-order valence-electron chi connectivity index (χ1n) is 7.95. The molecule has 2 aromatic rings. The van der Waals surface area contributed by atoms with Gasteiger partial charge >= 0.3 is 0 Å². The number of ether oxygens (including phenoxy) is 1. The minimum Gasteiger partial charge on any atom is -0.383 e. The van der Waals surface area contributed by atoms with E-state index in [2.05, 4.69) is 10.3 Å². The molecule has 0 bridgehead atoms. The Morgan fingerprint density at radius 2 is 2.33 bits per heavy atom. The molecule has 1 amide bonds. The number of benzene rings is 1. The second kappa shape index (κ2) is 7.55. The van der Waals surface area contributed by atoms with Gasteiger partial charge < -0.3 is 14.6 Å². The van der Waals surface area contributed by atoms with Gasteiger partial charge in [0, 0.05) is 39.1 Å². The molecule has 0 aliphatic carbocycles. The van der Waals surface area contributed by atoms with Gasteiger partial charge in [0.15, 0.2) is 0 Å². The molecular weight excluding hydrogens is 311 g/mol. The Morgan fingerprint density at radius 1 is 1.46 bits per heavy atom. The zero-order chi connectivity index (χ0) is 16.9. The average Bonchev–Trinajstić information content (AvgIpc) is 3.00. The van der Waals surface area contributed by atoms with Crippen LogP contribution in [0.3, 0.4) is 0 Å². The topological polar surface area (TPSA) is 59.4 Å². The maximum absolute atomic E-state index is 13.6. The Kier molecular flexibility index (Phi) is 5.22. The zero-order valence-corrected chi connectivity index (χ0v) is 13.6. The van der Waals surface area contributed by atoms with Crippen molar-refractivity contribution in [2.45, 2.75) is 19.1 Å². The van der Waals surface area contributed by atoms with Crippen molar-refractivity contribution < 1.29 is 13.9 Å². The summed E-state index contributed by atoms with van der Waals surface area (Å²) in [5.74, 6) is 0.414. The fourth-order valence-electron chi connectivity index (χ4n) is 2.99. The summed E-state index contributed by atoms with van der Waals surface area (Å²) in [5, 5.41) is 2.86. The standard InChI is InChI=1S/C17H21FN4O2/c1-24-10-9-21-7-5-19-15(21)12-22-8-6-20-17(23)16(22)13-3-2-4-14(18)11-13/h2-5,7,11,16H,6,8-10,12H2,1H3,(H,20,23)/t16-/m1/s1. The number of hydrogen-bond donors (Lipinski definition) is 1. The van der Waals surface area contributed by atoms with Crippen molar-refractivity contribution in [1.82, 2.24) is 19.8 Å². The summed E-state index contributed by atoms with van der Waals surface area (Å²) in [4.78, 5) is 18.8. The lowest BCUT2D eigenvalue weighted by molar-refractivity contribution is -0.129. The molecule has 0 spiro atoms. The van der Waals surface area contributed by atoms with Gasteiger partial charge in [-0.2, -0.15) is 0 Å². The maximum atomic E-state index is 13.6. The molecule has 1 atom stereocenters. The van der Waals surface area contributed by atoms with Gasteiger partial charge in [0.2, 0.25) is 5.91 Å². The Bertz CT molecular complexity index is 703. The van der Waals surface area contributed by atoms with Crippen LogP contribution in [0.5, 0.6) is 0 Å². The first-order valence-corrected chi connectivity index (χ1v) is 7.95. The van der Waals surface area contributed by atoms with Gasteiger partial charge in [-0.3, -0.25) is 9.69 Å². The van der Waals surface area contributed by atoms with Crippen LogP contribution in [0.2, 0.25) is 0 Å². The smallest absolute Gasteiger partial charge is 0.242 e. The fraction of sp³-hybridized carbons (Fsp3) is 0.412. The average molecular weight is 332 g/mol. The number of carbonyl (C=O) groups is 1. The predicted octanol–water partition coefficient (Wildman–Crippen LogP) is 1.34. The van der Waals surface area contributed by atoms with E-state index in [0.717, 1.165) is 5.82 Å². The van der Waals surface area contributed by atoms with Crippen LogP contribution < -0.4 is 5.32 Å². The number of amides is 1. The third-order valence-electron chi connectivity index (χ3n) is 4.16. The molecule has 0 unspecified atom stereocenters. The molecule has 1 saturated heterocycles. The number of methoxy groups -OCH3 is 1. The number of aromatic nitrogens is 2. The molecule has 6 nitrogen and oxygen atoms in total. The Labute approximate surface area is 140 Å². The minimum absolute atomic E-state index is 0.109. The minimum atomic E-state index is -0.512. The highest BCUT2D eigenvalue weighted by Crippen LogP contribution is 2.25. The highest BCUT2D eigenvalue weighted by Gasteiger charge is 2.32. The van der Waals surface area contributed by atoms with E-state index in [1.165, 1.54) is 12.1 Å². The largest absolute Gasteiger partial charge is 0.383 e. The molecule has 1 aromatic carbocycles. The molecule has 1 fully saturated rings. The van der Waals surface area contributed by atoms with Crippen LogP contribution in [0.15, 0.2) is 36.7 Å². The second-order valence-corrected chi connectivity index (χ2v) is 5.75. The van der Waals surface area contributed by atoms with E-state index in [0.29, 0.717) is 38.3 Å². The first kappa shape index (κ1) is 16.6. The lowest BCUT2D eigenvalue weighted by Gasteiger charge is -2.35. The van der Waals surface area contributed by atoms with Gasteiger partial charge in [-0.25, -0.2) is 9.37 Å². The summed E-state index contributed by atoms with van der Waals surface area (Å²) in [5.41, 5.74) is 0.655. The van der Waals surface area contributed by atoms with E-state index in [9.17, 15) is 9.18 Å². The van der Waals surface area contributed by atoms with E-state index in [-0.39, 0.29) is 11.7 Å². The van der Waals surface area contributed by atoms with Crippen LogP contribution in [0.4, 0.5) is 4.39 Å². The number of rotatable bonds is 6. The highest BCUT2D eigenvalue weighted by atomic mass is 19.1. The number of imidazole rings is 1. The van der Waals surface area contributed by atoms with Crippen molar-refractivity contribution in [2.75, 3.05) is 26.8 Å². The normalized spacial score (nSPS) is 18.6. The van der Waals surface area contributed by atoms with Crippen molar-refractivity contribution in [3.8, 4) is 0 Å². The molecule has 7 heteroatoms. The van der Waals surface area contributed by atoms with Crippen molar-refractivity contribution in [1.29, 1.82) is 0 Å². The molecule has 0 saturated carbocycles. The maximum Gasteiger partial charge on any atom is 0.242 e. The Morgan fingerprint density at radius 3 is 3.12 bits per heavy atom.